The molecule has 1 saturated heterocycles. The molecule has 0 aliphatic carbocycles. The van der Waals surface area contributed by atoms with Gasteiger partial charge in [-0.1, -0.05) is 23.7 Å². The van der Waals surface area contributed by atoms with Gasteiger partial charge in [-0.15, -0.1) is 0 Å². The first-order valence-corrected chi connectivity index (χ1v) is 4.63. The summed E-state index contributed by atoms with van der Waals surface area (Å²) in [7, 11) is 0. The van der Waals surface area contributed by atoms with Crippen molar-refractivity contribution in [2.75, 3.05) is 13.1 Å². The number of halogens is 1. The molecular formula is C10H11ClN. The molecule has 1 heterocycles. The van der Waals surface area contributed by atoms with E-state index in [1.807, 2.05) is 18.2 Å². The maximum atomic E-state index is 5.89. The van der Waals surface area contributed by atoms with Crippen molar-refractivity contribution in [1.82, 2.24) is 5.32 Å². The molecule has 2 rings (SSSR count). The minimum Gasteiger partial charge on any atom is -0.241 e. The molecule has 1 aromatic carbocycles. The van der Waals surface area contributed by atoms with Gasteiger partial charge in [-0.05, 0) is 30.0 Å². The third-order valence-corrected chi connectivity index (χ3v) is 2.54. The lowest BCUT2D eigenvalue weighted by Gasteiger charge is -2.07. The fourth-order valence-corrected chi connectivity index (χ4v) is 1.82. The molecule has 1 nitrogen and oxygen atoms in total. The van der Waals surface area contributed by atoms with Gasteiger partial charge in [0.25, 0.3) is 0 Å². The van der Waals surface area contributed by atoms with Crippen LogP contribution in [0.5, 0.6) is 0 Å². The van der Waals surface area contributed by atoms with Crippen molar-refractivity contribution in [3.63, 3.8) is 0 Å². The molecule has 12 heavy (non-hydrogen) atoms. The molecular weight excluding hydrogens is 170 g/mol. The second-order valence-corrected chi connectivity index (χ2v) is 3.61. The minimum atomic E-state index is 0.615. The van der Waals surface area contributed by atoms with E-state index in [1.165, 1.54) is 12.0 Å². The molecule has 1 aliphatic rings. The standard InChI is InChI=1S/C10H11ClN/c11-10-3-1-2-8(6-10)9-4-5-12-7-9/h1-3,6,9H,4-5,7H2. The highest BCUT2D eigenvalue weighted by molar-refractivity contribution is 6.30. The Morgan fingerprint density at radius 1 is 1.42 bits per heavy atom. The summed E-state index contributed by atoms with van der Waals surface area (Å²) in [5.41, 5.74) is 1.34. The van der Waals surface area contributed by atoms with Crippen LogP contribution in [0.1, 0.15) is 17.9 Å². The van der Waals surface area contributed by atoms with Crippen LogP contribution in [0.3, 0.4) is 0 Å². The highest BCUT2D eigenvalue weighted by atomic mass is 35.5. The van der Waals surface area contributed by atoms with E-state index in [-0.39, 0.29) is 0 Å². The fourth-order valence-electron chi connectivity index (χ4n) is 1.62. The summed E-state index contributed by atoms with van der Waals surface area (Å²) in [5, 5.41) is 5.16. The fraction of sp³-hybridized carbons (Fsp3) is 0.400. The lowest BCUT2D eigenvalue weighted by Crippen LogP contribution is -2.00. The Balaban J connectivity index is 2.21. The summed E-state index contributed by atoms with van der Waals surface area (Å²) in [6.45, 7) is 1.98. The van der Waals surface area contributed by atoms with E-state index in [0.29, 0.717) is 5.92 Å². The van der Waals surface area contributed by atoms with Crippen molar-refractivity contribution in [2.45, 2.75) is 12.3 Å². The van der Waals surface area contributed by atoms with Crippen LogP contribution >= 0.6 is 11.6 Å². The Kier molecular flexibility index (Phi) is 2.33. The van der Waals surface area contributed by atoms with Crippen molar-refractivity contribution in [3.8, 4) is 0 Å². The highest BCUT2D eigenvalue weighted by Crippen LogP contribution is 2.24. The molecule has 1 radical (unpaired) electrons. The summed E-state index contributed by atoms with van der Waals surface area (Å²) >= 11 is 5.89. The summed E-state index contributed by atoms with van der Waals surface area (Å²) in [6.07, 6.45) is 1.18. The van der Waals surface area contributed by atoms with Crippen molar-refractivity contribution in [1.29, 1.82) is 0 Å². The van der Waals surface area contributed by atoms with E-state index >= 15 is 0 Å². The second-order valence-electron chi connectivity index (χ2n) is 3.17. The number of hydrogen-bond donors (Lipinski definition) is 0. The van der Waals surface area contributed by atoms with Crippen LogP contribution in [-0.2, 0) is 0 Å². The van der Waals surface area contributed by atoms with Gasteiger partial charge < -0.3 is 0 Å². The van der Waals surface area contributed by atoms with Crippen molar-refractivity contribution in [2.24, 2.45) is 0 Å². The summed E-state index contributed by atoms with van der Waals surface area (Å²) < 4.78 is 0. The highest BCUT2D eigenvalue weighted by Gasteiger charge is 2.17. The lowest BCUT2D eigenvalue weighted by molar-refractivity contribution is 0.759. The number of nitrogens with zero attached hydrogens (tertiary/aromatic N) is 1. The molecule has 0 spiro atoms. The molecule has 0 amide bonds. The van der Waals surface area contributed by atoms with E-state index in [9.17, 15) is 0 Å². The van der Waals surface area contributed by atoms with Gasteiger partial charge in [0, 0.05) is 18.1 Å². The molecule has 1 fully saturated rings. The molecule has 0 aromatic heterocycles. The maximum absolute atomic E-state index is 5.89. The zero-order valence-corrected chi connectivity index (χ0v) is 7.59. The molecule has 0 saturated carbocycles. The Morgan fingerprint density at radius 3 is 3.00 bits per heavy atom. The molecule has 0 bridgehead atoms. The van der Waals surface area contributed by atoms with E-state index in [4.69, 9.17) is 11.6 Å². The second kappa shape index (κ2) is 3.46. The first-order valence-electron chi connectivity index (χ1n) is 4.25. The van der Waals surface area contributed by atoms with Gasteiger partial charge in [0.05, 0.1) is 0 Å². The molecule has 1 aromatic rings. The number of hydrogen-bond acceptors (Lipinski definition) is 0. The van der Waals surface area contributed by atoms with Crippen LogP contribution in [0, 0.1) is 0 Å². The minimum absolute atomic E-state index is 0.615. The van der Waals surface area contributed by atoms with Crippen LogP contribution in [0.15, 0.2) is 24.3 Å². The molecule has 1 aliphatic heterocycles. The van der Waals surface area contributed by atoms with Gasteiger partial charge in [-0.25, -0.2) is 5.32 Å². The predicted octanol–water partition coefficient (Wildman–Crippen LogP) is 2.43. The number of rotatable bonds is 1. The van der Waals surface area contributed by atoms with E-state index in [1.54, 1.807) is 0 Å². The van der Waals surface area contributed by atoms with Gasteiger partial charge in [-0.3, -0.25) is 0 Å². The largest absolute Gasteiger partial charge is 0.241 e. The normalized spacial score (nSPS) is 22.9. The Bertz CT molecular complexity index is 266. The van der Waals surface area contributed by atoms with Crippen LogP contribution in [-0.4, -0.2) is 13.1 Å². The van der Waals surface area contributed by atoms with Crippen LogP contribution in [0.2, 0.25) is 5.02 Å². The monoisotopic (exact) mass is 180 g/mol. The molecule has 1 unspecified atom stereocenters. The molecule has 63 valence electrons. The third-order valence-electron chi connectivity index (χ3n) is 2.31. The quantitative estimate of drug-likeness (QED) is 0.631. The molecule has 1 atom stereocenters. The summed E-state index contributed by atoms with van der Waals surface area (Å²) in [4.78, 5) is 0. The van der Waals surface area contributed by atoms with Crippen LogP contribution in [0.4, 0.5) is 0 Å². The molecule has 0 N–H and O–H groups in total. The average Bonchev–Trinajstić information content (AvgIpc) is 2.56. The first-order chi connectivity index (χ1) is 5.86. The Labute approximate surface area is 77.7 Å². The predicted molar refractivity (Wildman–Crippen MR) is 50.7 cm³/mol. The smallest absolute Gasteiger partial charge is 0.0408 e. The first kappa shape index (κ1) is 8.09. The Hall–Kier alpha value is -0.530. The van der Waals surface area contributed by atoms with Crippen molar-refractivity contribution >= 4 is 11.6 Å². The van der Waals surface area contributed by atoms with Crippen LogP contribution in [0.25, 0.3) is 0 Å². The maximum Gasteiger partial charge on any atom is 0.0408 e. The summed E-state index contributed by atoms with van der Waals surface area (Å²) in [6, 6.07) is 8.11. The topological polar surface area (TPSA) is 14.1 Å². The van der Waals surface area contributed by atoms with Gasteiger partial charge >= 0.3 is 0 Å². The van der Waals surface area contributed by atoms with Gasteiger partial charge in [0.15, 0.2) is 0 Å². The van der Waals surface area contributed by atoms with Gasteiger partial charge in [0.2, 0.25) is 0 Å². The SMILES string of the molecule is Clc1cccc(C2CC[N]C2)c1. The lowest BCUT2D eigenvalue weighted by atomic mass is 9.99. The Morgan fingerprint density at radius 2 is 2.33 bits per heavy atom. The number of benzene rings is 1. The van der Waals surface area contributed by atoms with E-state index < -0.39 is 0 Å². The molecule has 2 heteroatoms. The zero-order chi connectivity index (χ0) is 8.39. The average molecular weight is 181 g/mol. The summed E-state index contributed by atoms with van der Waals surface area (Å²) in [5.74, 6) is 0.615. The van der Waals surface area contributed by atoms with E-state index in [0.717, 1.165) is 18.1 Å². The van der Waals surface area contributed by atoms with E-state index in [2.05, 4.69) is 11.4 Å². The van der Waals surface area contributed by atoms with Gasteiger partial charge in [0.1, 0.15) is 0 Å². The van der Waals surface area contributed by atoms with Gasteiger partial charge in [-0.2, -0.15) is 0 Å². The zero-order valence-electron chi connectivity index (χ0n) is 6.83. The third kappa shape index (κ3) is 1.62. The van der Waals surface area contributed by atoms with Crippen LogP contribution < -0.4 is 5.32 Å². The van der Waals surface area contributed by atoms with Crippen molar-refractivity contribution in [3.05, 3.63) is 34.9 Å². The van der Waals surface area contributed by atoms with Crippen molar-refractivity contribution < 1.29 is 0 Å².